The summed E-state index contributed by atoms with van der Waals surface area (Å²) in [7, 11) is -1.60. The van der Waals surface area contributed by atoms with Crippen molar-refractivity contribution in [3.8, 4) is 0 Å². The van der Waals surface area contributed by atoms with Crippen molar-refractivity contribution in [3.05, 3.63) is 81.9 Å². The summed E-state index contributed by atoms with van der Waals surface area (Å²) in [5.41, 5.74) is 1.41. The van der Waals surface area contributed by atoms with Gasteiger partial charge in [0.25, 0.3) is 0 Å². The number of nitrogens with one attached hydrogen (secondary N) is 2. The quantitative estimate of drug-likeness (QED) is 0.0821. The summed E-state index contributed by atoms with van der Waals surface area (Å²) in [5.74, 6) is -0.643. The number of benzene rings is 3. The first-order chi connectivity index (χ1) is 17.3. The molecule has 1 atom stereocenters. The maximum absolute atomic E-state index is 12.4. The monoisotopic (exact) mass is 551 g/mol. The summed E-state index contributed by atoms with van der Waals surface area (Å²) in [4.78, 5) is 35.2. The molecule has 14 heteroatoms. The molecule has 1 heterocycles. The van der Waals surface area contributed by atoms with Crippen LogP contribution in [0.15, 0.2) is 65.3 Å². The fourth-order valence-electron chi connectivity index (χ4n) is 3.32. The summed E-state index contributed by atoms with van der Waals surface area (Å²) < 4.78 is 6.51. The van der Waals surface area contributed by atoms with E-state index in [9.17, 15) is 19.7 Å². The van der Waals surface area contributed by atoms with Crippen molar-refractivity contribution in [3.63, 3.8) is 0 Å². The molecule has 0 aliphatic carbocycles. The van der Waals surface area contributed by atoms with Gasteiger partial charge in [-0.1, -0.05) is 12.1 Å². The second-order valence-electron chi connectivity index (χ2n) is 7.56. The molecule has 0 aliphatic heterocycles. The van der Waals surface area contributed by atoms with E-state index in [4.69, 9.17) is 14.7 Å². The second-order valence-corrected chi connectivity index (χ2v) is 10.4. The van der Waals surface area contributed by atoms with Crippen LogP contribution in [0.3, 0.4) is 0 Å². The van der Waals surface area contributed by atoms with Gasteiger partial charge in [0.15, 0.2) is 0 Å². The van der Waals surface area contributed by atoms with Gasteiger partial charge in [0, 0.05) is 0 Å². The van der Waals surface area contributed by atoms with E-state index in [1.54, 1.807) is 18.2 Å². The number of hydrogen-bond donors (Lipinski definition) is 4. The predicted octanol–water partition coefficient (Wildman–Crippen LogP) is -1.64. The normalized spacial score (nSPS) is 11.1. The molecule has 3 aromatic carbocycles. The maximum atomic E-state index is 12.4. The van der Waals surface area contributed by atoms with Crippen molar-refractivity contribution in [2.75, 3.05) is 13.1 Å². The Morgan fingerprint density at radius 1 is 0.889 bits per heavy atom. The molecule has 0 saturated heterocycles. The molecule has 0 aliphatic rings. The zero-order valence-electron chi connectivity index (χ0n) is 18.5. The van der Waals surface area contributed by atoms with Gasteiger partial charge in [-0.3, -0.25) is 0 Å². The van der Waals surface area contributed by atoms with Crippen molar-refractivity contribution >= 4 is 65.6 Å². The van der Waals surface area contributed by atoms with Gasteiger partial charge in [0.05, 0.1) is 0 Å². The molecule has 0 saturated carbocycles. The van der Waals surface area contributed by atoms with Crippen molar-refractivity contribution < 1.29 is 29.2 Å². The van der Waals surface area contributed by atoms with Gasteiger partial charge in [-0.05, 0) is 5.46 Å². The third-order valence-electron chi connectivity index (χ3n) is 5.18. The molecular formula is C22H19AsBN5O7. The van der Waals surface area contributed by atoms with Gasteiger partial charge in [0.2, 0.25) is 0 Å². The van der Waals surface area contributed by atoms with E-state index in [0.29, 0.717) is 16.6 Å². The molecule has 2 amide bonds. The number of aromatic nitrogens is 2. The van der Waals surface area contributed by atoms with E-state index >= 15 is 0 Å². The average Bonchev–Trinajstić information content (AvgIpc) is 3.37. The molecule has 12 nitrogen and oxygen atoms in total. The van der Waals surface area contributed by atoms with Crippen LogP contribution in [0.25, 0.3) is 11.0 Å². The summed E-state index contributed by atoms with van der Waals surface area (Å²) in [6.07, 6.45) is 0. The Hall–Kier alpha value is -4.06. The Balaban J connectivity index is 1.28. The molecule has 0 fully saturated rings. The average molecular weight is 551 g/mol. The van der Waals surface area contributed by atoms with Gasteiger partial charge < -0.3 is 10.0 Å². The summed E-state index contributed by atoms with van der Waals surface area (Å²) in [5, 5.41) is 42.2. The third kappa shape index (κ3) is 5.77. The Bertz CT molecular complexity index is 1410. The molecule has 0 radical (unpaired) electrons. The van der Waals surface area contributed by atoms with Crippen molar-refractivity contribution in [2.45, 2.75) is 0 Å². The van der Waals surface area contributed by atoms with E-state index in [1.807, 2.05) is 12.1 Å². The zero-order chi connectivity index (χ0) is 25.7. The Morgan fingerprint density at radius 3 is 2.00 bits per heavy atom. The summed E-state index contributed by atoms with van der Waals surface area (Å²) >= 11 is -0.914. The van der Waals surface area contributed by atoms with Gasteiger partial charge in [0.1, 0.15) is 0 Å². The van der Waals surface area contributed by atoms with Crippen LogP contribution in [-0.4, -0.2) is 73.1 Å². The zero-order valence-corrected chi connectivity index (χ0v) is 20.6. The molecule has 0 bridgehead atoms. The van der Waals surface area contributed by atoms with Crippen LogP contribution in [0.4, 0.5) is 5.69 Å². The van der Waals surface area contributed by atoms with Crippen LogP contribution in [0.5, 0.6) is 0 Å². The topological polar surface area (TPSA) is 181 Å². The van der Waals surface area contributed by atoms with Crippen LogP contribution < -0.4 is 24.8 Å². The fourth-order valence-corrected chi connectivity index (χ4v) is 5.62. The van der Waals surface area contributed by atoms with Crippen LogP contribution >= 0.6 is 0 Å². The standard InChI is InChI=1S/C22H19AsBN5O7/c30-21(25-11-12-26-22(31)14-3-7-16(8-4-14)24(32)33)13-1-5-15(6-2-13)23-17-9-10-18(29(34)35)20-19(17)27-36-28-20/h1-10,23,32-33H,11-12H2,(H,25,30)(H,26,31). The third-order valence-corrected chi connectivity index (χ3v) is 7.90. The Morgan fingerprint density at radius 2 is 1.44 bits per heavy atom. The molecule has 0 spiro atoms. The molecule has 182 valence electrons. The fraction of sp³-hybridized carbons (Fsp3) is 0.0909. The Kier molecular flexibility index (Phi) is 7.74. The molecule has 4 aromatic rings. The minimum absolute atomic E-state index is 0.116. The molecule has 4 N–H and O–H groups in total. The number of rotatable bonds is 9. The molecule has 4 rings (SSSR count). The number of nitro groups is 1. The van der Waals surface area contributed by atoms with Gasteiger partial charge in [-0.2, -0.15) is 0 Å². The summed E-state index contributed by atoms with van der Waals surface area (Å²) in [6.45, 7) is 0.425. The van der Waals surface area contributed by atoms with E-state index < -0.39 is 27.8 Å². The van der Waals surface area contributed by atoms with Crippen molar-refractivity contribution in [1.82, 2.24) is 20.9 Å². The van der Waals surface area contributed by atoms with Crippen LogP contribution in [0.2, 0.25) is 0 Å². The number of fused-ring (bicyclic) bond motifs is 1. The van der Waals surface area contributed by atoms with E-state index in [1.165, 1.54) is 30.3 Å². The van der Waals surface area contributed by atoms with Crippen molar-refractivity contribution in [2.24, 2.45) is 0 Å². The van der Waals surface area contributed by atoms with Gasteiger partial charge in [-0.25, -0.2) is 0 Å². The van der Waals surface area contributed by atoms with E-state index in [2.05, 4.69) is 20.9 Å². The first-order valence-corrected chi connectivity index (χ1v) is 12.7. The number of amides is 2. The van der Waals surface area contributed by atoms with Crippen molar-refractivity contribution in [1.29, 1.82) is 0 Å². The number of non-ortho nitro benzene ring substituents is 1. The number of nitrogens with zero attached hydrogens (tertiary/aromatic N) is 3. The molecular weight excluding hydrogens is 532 g/mol. The van der Waals surface area contributed by atoms with E-state index in [-0.39, 0.29) is 41.6 Å². The van der Waals surface area contributed by atoms with Crippen LogP contribution in [0, 0.1) is 10.1 Å². The van der Waals surface area contributed by atoms with Gasteiger partial charge in [-0.15, -0.1) is 0 Å². The minimum atomic E-state index is -1.60. The Labute approximate surface area is 210 Å². The van der Waals surface area contributed by atoms with Gasteiger partial charge >= 0.3 is 183 Å². The number of carbonyl (C=O) groups excluding carboxylic acids is 2. The van der Waals surface area contributed by atoms with Crippen LogP contribution in [-0.2, 0) is 0 Å². The number of carbonyl (C=O) groups is 2. The number of nitro benzene ring substituents is 1. The molecule has 36 heavy (non-hydrogen) atoms. The number of hydrogen-bond acceptors (Lipinski definition) is 9. The predicted molar refractivity (Wildman–Crippen MR) is 132 cm³/mol. The van der Waals surface area contributed by atoms with E-state index in [0.717, 1.165) is 8.70 Å². The molecule has 1 aromatic heterocycles. The molecule has 1 unspecified atom stereocenters. The first kappa shape index (κ1) is 25.0. The SMILES string of the molecule is O=C(NCCNC(=O)c1ccc(B(O)O)cc1)c1ccc([AsH]c2ccc([N+](=O)[O-])c3nonc23)cc1. The first-order valence-electron chi connectivity index (χ1n) is 10.6. The van der Waals surface area contributed by atoms with Crippen LogP contribution in [0.1, 0.15) is 20.7 Å². The summed E-state index contributed by atoms with van der Waals surface area (Å²) in [6, 6.07) is 15.9. The second kappa shape index (κ2) is 11.1.